The molecule has 0 saturated carbocycles. The van der Waals surface area contributed by atoms with Crippen molar-refractivity contribution in [1.82, 2.24) is 5.43 Å². The fraction of sp³-hybridized carbons (Fsp3) is 0.105. The van der Waals surface area contributed by atoms with Crippen LogP contribution in [0.5, 0.6) is 5.75 Å². The van der Waals surface area contributed by atoms with Gasteiger partial charge in [0.25, 0.3) is 5.91 Å². The van der Waals surface area contributed by atoms with Gasteiger partial charge in [-0.15, -0.1) is 0 Å². The molecule has 1 aromatic heterocycles. The Hall–Kier alpha value is -3.12. The number of carbonyl (C=O) groups excluding carboxylic acids is 1. The van der Waals surface area contributed by atoms with Crippen molar-refractivity contribution in [2.24, 2.45) is 5.10 Å². The molecule has 0 aliphatic carbocycles. The fourth-order valence-corrected chi connectivity index (χ4v) is 2.43. The number of halogens is 1. The normalized spacial score (nSPS) is 11.0. The standard InChI is InChI=1S/C19H15ClN2O4/c1-12-8-19(24)26-17-9-15(6-7-16(12)17)25-11-18(23)22-21-10-13-2-4-14(20)5-3-13/h2-10H,11H2,1H3,(H,22,23)/b21-10-. The Morgan fingerprint density at radius 2 is 2.00 bits per heavy atom. The molecule has 7 heteroatoms. The summed E-state index contributed by atoms with van der Waals surface area (Å²) in [5.74, 6) is 0.00378. The van der Waals surface area contributed by atoms with E-state index in [1.54, 1.807) is 42.5 Å². The van der Waals surface area contributed by atoms with Crippen LogP contribution in [-0.4, -0.2) is 18.7 Å². The van der Waals surface area contributed by atoms with Gasteiger partial charge in [0.05, 0.1) is 6.21 Å². The van der Waals surface area contributed by atoms with Crippen LogP contribution in [0.4, 0.5) is 0 Å². The molecule has 0 unspecified atom stereocenters. The maximum absolute atomic E-state index is 11.8. The van der Waals surface area contributed by atoms with Crippen LogP contribution in [0.15, 0.2) is 62.8 Å². The van der Waals surface area contributed by atoms with Crippen molar-refractivity contribution in [1.29, 1.82) is 0 Å². The molecule has 0 bridgehead atoms. The third-order valence-electron chi connectivity index (χ3n) is 3.57. The SMILES string of the molecule is Cc1cc(=O)oc2cc(OCC(=O)N/N=C\c3ccc(Cl)cc3)ccc12. The van der Waals surface area contributed by atoms with E-state index in [2.05, 4.69) is 10.5 Å². The number of carbonyl (C=O) groups is 1. The summed E-state index contributed by atoms with van der Waals surface area (Å²) in [6.07, 6.45) is 1.50. The van der Waals surface area contributed by atoms with E-state index in [0.717, 1.165) is 16.5 Å². The molecule has 26 heavy (non-hydrogen) atoms. The van der Waals surface area contributed by atoms with E-state index < -0.39 is 11.5 Å². The molecule has 0 spiro atoms. The lowest BCUT2D eigenvalue weighted by Gasteiger charge is -2.06. The second kappa shape index (κ2) is 7.84. The van der Waals surface area contributed by atoms with Crippen molar-refractivity contribution in [2.75, 3.05) is 6.61 Å². The number of fused-ring (bicyclic) bond motifs is 1. The van der Waals surface area contributed by atoms with E-state index in [1.165, 1.54) is 12.3 Å². The Kier molecular flexibility index (Phi) is 5.34. The first kappa shape index (κ1) is 17.7. The molecule has 6 nitrogen and oxygen atoms in total. The number of benzene rings is 2. The molecule has 3 aromatic rings. The molecule has 2 aromatic carbocycles. The van der Waals surface area contributed by atoms with Gasteiger partial charge in [0.1, 0.15) is 11.3 Å². The third-order valence-corrected chi connectivity index (χ3v) is 3.82. The maximum Gasteiger partial charge on any atom is 0.336 e. The minimum Gasteiger partial charge on any atom is -0.484 e. The Balaban J connectivity index is 1.58. The lowest BCUT2D eigenvalue weighted by molar-refractivity contribution is -0.123. The number of aryl methyl sites for hydroxylation is 1. The molecule has 1 N–H and O–H groups in total. The molecule has 1 heterocycles. The van der Waals surface area contributed by atoms with Crippen LogP contribution in [0.2, 0.25) is 5.02 Å². The van der Waals surface area contributed by atoms with Crippen LogP contribution in [0, 0.1) is 6.92 Å². The van der Waals surface area contributed by atoms with Crippen LogP contribution in [0.3, 0.4) is 0 Å². The molecule has 0 saturated heterocycles. The number of ether oxygens (including phenoxy) is 1. The van der Waals surface area contributed by atoms with E-state index in [9.17, 15) is 9.59 Å². The highest BCUT2D eigenvalue weighted by Gasteiger charge is 2.06. The smallest absolute Gasteiger partial charge is 0.336 e. The number of amides is 1. The number of nitrogens with zero attached hydrogens (tertiary/aromatic N) is 1. The summed E-state index contributed by atoms with van der Waals surface area (Å²) in [6.45, 7) is 1.60. The molecule has 0 aliphatic rings. The summed E-state index contributed by atoms with van der Waals surface area (Å²) >= 11 is 5.79. The van der Waals surface area contributed by atoms with Crippen molar-refractivity contribution in [3.63, 3.8) is 0 Å². The first-order valence-electron chi connectivity index (χ1n) is 7.76. The molecular weight excluding hydrogens is 356 g/mol. The largest absolute Gasteiger partial charge is 0.484 e. The first-order chi connectivity index (χ1) is 12.5. The lowest BCUT2D eigenvalue weighted by Crippen LogP contribution is -2.24. The zero-order valence-electron chi connectivity index (χ0n) is 13.9. The first-order valence-corrected chi connectivity index (χ1v) is 8.14. The van der Waals surface area contributed by atoms with E-state index in [1.807, 2.05) is 6.92 Å². The van der Waals surface area contributed by atoms with Crippen molar-refractivity contribution in [3.05, 3.63) is 75.1 Å². The Labute approximate surface area is 154 Å². The van der Waals surface area contributed by atoms with Crippen LogP contribution >= 0.6 is 11.6 Å². The Bertz CT molecular complexity index is 1030. The number of nitrogens with one attached hydrogen (secondary N) is 1. The molecule has 1 amide bonds. The van der Waals surface area contributed by atoms with Crippen LogP contribution in [-0.2, 0) is 4.79 Å². The van der Waals surface area contributed by atoms with Gasteiger partial charge in [-0.05, 0) is 42.3 Å². The molecule has 0 atom stereocenters. The van der Waals surface area contributed by atoms with Gasteiger partial charge in [-0.25, -0.2) is 10.2 Å². The monoisotopic (exact) mass is 370 g/mol. The highest BCUT2D eigenvalue weighted by atomic mass is 35.5. The number of hydrogen-bond donors (Lipinski definition) is 1. The number of hydrogen-bond acceptors (Lipinski definition) is 5. The lowest BCUT2D eigenvalue weighted by atomic mass is 10.1. The summed E-state index contributed by atoms with van der Waals surface area (Å²) in [5, 5.41) is 5.29. The molecule has 0 fully saturated rings. The predicted molar refractivity (Wildman–Crippen MR) is 99.9 cm³/mol. The van der Waals surface area contributed by atoms with Crippen molar-refractivity contribution in [3.8, 4) is 5.75 Å². The van der Waals surface area contributed by atoms with Gasteiger partial charge >= 0.3 is 5.63 Å². The quantitative estimate of drug-likeness (QED) is 0.424. The van der Waals surface area contributed by atoms with Gasteiger partial charge in [0.15, 0.2) is 6.61 Å². The van der Waals surface area contributed by atoms with Crippen molar-refractivity contribution in [2.45, 2.75) is 6.92 Å². The third kappa shape index (κ3) is 4.49. The maximum atomic E-state index is 11.8. The van der Waals surface area contributed by atoms with E-state index in [-0.39, 0.29) is 6.61 Å². The molecular formula is C19H15ClN2O4. The van der Waals surface area contributed by atoms with E-state index in [0.29, 0.717) is 16.4 Å². The summed E-state index contributed by atoms with van der Waals surface area (Å²) < 4.78 is 10.6. The van der Waals surface area contributed by atoms with Gasteiger partial charge in [-0.2, -0.15) is 5.10 Å². The fourth-order valence-electron chi connectivity index (χ4n) is 2.30. The number of rotatable bonds is 5. The minimum atomic E-state index is -0.429. The van der Waals surface area contributed by atoms with Gasteiger partial charge < -0.3 is 9.15 Å². The van der Waals surface area contributed by atoms with Gasteiger partial charge in [-0.1, -0.05) is 23.7 Å². The predicted octanol–water partition coefficient (Wildman–Crippen LogP) is 3.28. The number of hydrazone groups is 1. The summed E-state index contributed by atoms with van der Waals surface area (Å²) in [6, 6.07) is 13.5. The zero-order valence-corrected chi connectivity index (χ0v) is 14.6. The van der Waals surface area contributed by atoms with Gasteiger partial charge in [0, 0.05) is 22.5 Å². The van der Waals surface area contributed by atoms with E-state index in [4.69, 9.17) is 20.8 Å². The van der Waals surface area contributed by atoms with Crippen LogP contribution in [0.25, 0.3) is 11.0 Å². The zero-order chi connectivity index (χ0) is 18.5. The topological polar surface area (TPSA) is 80.9 Å². The average molecular weight is 371 g/mol. The van der Waals surface area contributed by atoms with E-state index >= 15 is 0 Å². The second-order valence-electron chi connectivity index (χ2n) is 5.54. The molecule has 0 radical (unpaired) electrons. The van der Waals surface area contributed by atoms with Crippen LogP contribution < -0.4 is 15.8 Å². The van der Waals surface area contributed by atoms with Crippen molar-refractivity contribution < 1.29 is 13.9 Å². The highest BCUT2D eigenvalue weighted by Crippen LogP contribution is 2.22. The van der Waals surface area contributed by atoms with Gasteiger partial charge in [-0.3, -0.25) is 4.79 Å². The summed E-state index contributed by atoms with van der Waals surface area (Å²) in [7, 11) is 0. The Morgan fingerprint density at radius 3 is 2.77 bits per heavy atom. The second-order valence-corrected chi connectivity index (χ2v) is 5.98. The highest BCUT2D eigenvalue weighted by molar-refractivity contribution is 6.30. The minimum absolute atomic E-state index is 0.223. The van der Waals surface area contributed by atoms with Gasteiger partial charge in [0.2, 0.25) is 0 Å². The molecule has 3 rings (SSSR count). The Morgan fingerprint density at radius 1 is 1.23 bits per heavy atom. The van der Waals surface area contributed by atoms with Crippen molar-refractivity contribution >= 4 is 34.7 Å². The molecule has 132 valence electrons. The average Bonchev–Trinajstić information content (AvgIpc) is 2.61. The van der Waals surface area contributed by atoms with Crippen LogP contribution in [0.1, 0.15) is 11.1 Å². The summed E-state index contributed by atoms with van der Waals surface area (Å²) in [4.78, 5) is 23.2. The summed E-state index contributed by atoms with van der Waals surface area (Å²) in [5.41, 5.74) is 3.97. The molecule has 0 aliphatic heterocycles.